The molecule has 0 saturated heterocycles. The Labute approximate surface area is 158 Å². The van der Waals surface area contributed by atoms with Crippen LogP contribution < -0.4 is 5.32 Å². The summed E-state index contributed by atoms with van der Waals surface area (Å²) in [6.45, 7) is 0. The summed E-state index contributed by atoms with van der Waals surface area (Å²) in [6.07, 6.45) is 1.66. The highest BCUT2D eigenvalue weighted by Crippen LogP contribution is 2.30. The highest BCUT2D eigenvalue weighted by molar-refractivity contribution is 7.83. The standard InChI is InChI=1S/C19H16ClNO2S2/c1-25(23)12-13-4-2-7-16(10-13)21-19(22)18-9-8-17(24-18)14-5-3-6-15(20)11-14/h2-11H,12H2,1H3,(H,21,22)/t25-/m1/s1. The van der Waals surface area contributed by atoms with Gasteiger partial charge in [0.25, 0.3) is 5.91 Å². The van der Waals surface area contributed by atoms with Crippen LogP contribution in [0, 0.1) is 0 Å². The predicted molar refractivity (Wildman–Crippen MR) is 107 cm³/mol. The van der Waals surface area contributed by atoms with E-state index in [9.17, 15) is 9.00 Å². The average Bonchev–Trinajstić information content (AvgIpc) is 3.05. The lowest BCUT2D eigenvalue weighted by Crippen LogP contribution is -2.10. The molecule has 2 aromatic carbocycles. The number of carbonyl (C=O) groups excluding carboxylic acids is 1. The Morgan fingerprint density at radius 1 is 1.12 bits per heavy atom. The molecule has 1 aromatic heterocycles. The third-order valence-electron chi connectivity index (χ3n) is 3.49. The largest absolute Gasteiger partial charge is 0.321 e. The Kier molecular flexibility index (Phi) is 5.68. The van der Waals surface area contributed by atoms with E-state index in [0.29, 0.717) is 21.3 Å². The van der Waals surface area contributed by atoms with Gasteiger partial charge >= 0.3 is 0 Å². The Morgan fingerprint density at radius 2 is 1.92 bits per heavy atom. The molecule has 1 atom stereocenters. The van der Waals surface area contributed by atoms with Gasteiger partial charge in [0, 0.05) is 38.4 Å². The molecule has 0 spiro atoms. The zero-order valence-corrected chi connectivity index (χ0v) is 15.9. The lowest BCUT2D eigenvalue weighted by Gasteiger charge is -2.06. The van der Waals surface area contributed by atoms with Crippen LogP contribution >= 0.6 is 22.9 Å². The van der Waals surface area contributed by atoms with E-state index in [4.69, 9.17) is 11.6 Å². The highest BCUT2D eigenvalue weighted by atomic mass is 35.5. The van der Waals surface area contributed by atoms with Crippen molar-refractivity contribution in [2.75, 3.05) is 11.6 Å². The summed E-state index contributed by atoms with van der Waals surface area (Å²) < 4.78 is 11.3. The zero-order chi connectivity index (χ0) is 17.8. The number of carbonyl (C=O) groups is 1. The van der Waals surface area contributed by atoms with Crippen LogP contribution in [-0.2, 0) is 16.6 Å². The normalized spacial score (nSPS) is 11.9. The first-order valence-electron chi connectivity index (χ1n) is 7.57. The maximum atomic E-state index is 12.5. The van der Waals surface area contributed by atoms with E-state index in [0.717, 1.165) is 16.0 Å². The number of nitrogens with one attached hydrogen (secondary N) is 1. The van der Waals surface area contributed by atoms with Gasteiger partial charge in [-0.15, -0.1) is 11.3 Å². The Bertz CT molecular complexity index is 936. The van der Waals surface area contributed by atoms with Crippen LogP contribution in [-0.4, -0.2) is 16.4 Å². The van der Waals surface area contributed by atoms with Crippen molar-refractivity contribution in [1.82, 2.24) is 0 Å². The number of amides is 1. The monoisotopic (exact) mass is 389 g/mol. The molecule has 1 heterocycles. The van der Waals surface area contributed by atoms with Crippen LogP contribution in [0.15, 0.2) is 60.7 Å². The minimum atomic E-state index is -0.915. The number of benzene rings is 2. The molecule has 0 bridgehead atoms. The average molecular weight is 390 g/mol. The van der Waals surface area contributed by atoms with Gasteiger partial charge in [-0.2, -0.15) is 0 Å². The fraction of sp³-hybridized carbons (Fsp3) is 0.105. The first-order chi connectivity index (χ1) is 12.0. The van der Waals surface area contributed by atoms with E-state index in [2.05, 4.69) is 5.32 Å². The van der Waals surface area contributed by atoms with Crippen molar-refractivity contribution < 1.29 is 9.00 Å². The Hall–Kier alpha value is -1.95. The summed E-state index contributed by atoms with van der Waals surface area (Å²) in [5, 5.41) is 3.56. The SMILES string of the molecule is C[S@@](=O)Cc1cccc(NC(=O)c2ccc(-c3cccc(Cl)c3)s2)c1. The first-order valence-corrected chi connectivity index (χ1v) is 10.5. The van der Waals surface area contributed by atoms with E-state index >= 15 is 0 Å². The molecule has 0 radical (unpaired) electrons. The first kappa shape index (κ1) is 17.9. The number of hydrogen-bond donors (Lipinski definition) is 1. The molecular weight excluding hydrogens is 374 g/mol. The maximum Gasteiger partial charge on any atom is 0.265 e. The molecule has 1 N–H and O–H groups in total. The van der Waals surface area contributed by atoms with Crippen molar-refractivity contribution in [3.8, 4) is 10.4 Å². The Balaban J connectivity index is 1.75. The van der Waals surface area contributed by atoms with Crippen LogP contribution in [0.1, 0.15) is 15.2 Å². The Morgan fingerprint density at radius 3 is 2.68 bits per heavy atom. The second kappa shape index (κ2) is 7.95. The molecule has 0 fully saturated rings. The molecule has 0 saturated carbocycles. The number of hydrogen-bond acceptors (Lipinski definition) is 3. The molecular formula is C19H16ClNO2S2. The van der Waals surface area contributed by atoms with Gasteiger partial charge in [-0.05, 0) is 47.5 Å². The molecule has 3 rings (SSSR count). The molecule has 3 aromatic rings. The molecule has 3 nitrogen and oxygen atoms in total. The van der Waals surface area contributed by atoms with Crippen molar-refractivity contribution in [3.05, 3.63) is 76.1 Å². The van der Waals surface area contributed by atoms with E-state index < -0.39 is 10.8 Å². The quantitative estimate of drug-likeness (QED) is 0.651. The summed E-state index contributed by atoms with van der Waals surface area (Å²) in [7, 11) is -0.915. The summed E-state index contributed by atoms with van der Waals surface area (Å²) in [6, 6.07) is 18.7. The predicted octanol–water partition coefficient (Wildman–Crippen LogP) is 5.20. The summed E-state index contributed by atoms with van der Waals surface area (Å²) in [5.74, 6) is 0.315. The molecule has 128 valence electrons. The molecule has 0 aliphatic carbocycles. The molecule has 0 unspecified atom stereocenters. The minimum Gasteiger partial charge on any atom is -0.321 e. The topological polar surface area (TPSA) is 46.2 Å². The van der Waals surface area contributed by atoms with Gasteiger partial charge in [0.05, 0.1) is 4.88 Å². The van der Waals surface area contributed by atoms with Gasteiger partial charge < -0.3 is 5.32 Å². The van der Waals surface area contributed by atoms with Crippen LogP contribution in [0.5, 0.6) is 0 Å². The van der Waals surface area contributed by atoms with Gasteiger partial charge in [0.2, 0.25) is 0 Å². The van der Waals surface area contributed by atoms with Crippen LogP contribution in [0.3, 0.4) is 0 Å². The van der Waals surface area contributed by atoms with Crippen LogP contribution in [0.4, 0.5) is 5.69 Å². The molecule has 0 aliphatic heterocycles. The van der Waals surface area contributed by atoms with Gasteiger partial charge in [-0.1, -0.05) is 35.9 Å². The van der Waals surface area contributed by atoms with Gasteiger partial charge in [0.15, 0.2) is 0 Å². The summed E-state index contributed by atoms with van der Waals surface area (Å²) in [4.78, 5) is 14.1. The molecule has 25 heavy (non-hydrogen) atoms. The number of rotatable bonds is 5. The van der Waals surface area contributed by atoms with E-state index in [-0.39, 0.29) is 5.91 Å². The maximum absolute atomic E-state index is 12.5. The van der Waals surface area contributed by atoms with Crippen molar-refractivity contribution in [2.45, 2.75) is 5.75 Å². The minimum absolute atomic E-state index is 0.159. The molecule has 0 aliphatic rings. The van der Waals surface area contributed by atoms with Crippen LogP contribution in [0.25, 0.3) is 10.4 Å². The van der Waals surface area contributed by atoms with Crippen molar-refractivity contribution in [1.29, 1.82) is 0 Å². The molecule has 6 heteroatoms. The number of anilines is 1. The van der Waals surface area contributed by atoms with Gasteiger partial charge in [-0.25, -0.2) is 0 Å². The van der Waals surface area contributed by atoms with E-state index in [1.165, 1.54) is 11.3 Å². The number of halogens is 1. The summed E-state index contributed by atoms with van der Waals surface area (Å²) in [5.41, 5.74) is 2.62. The van der Waals surface area contributed by atoms with Crippen molar-refractivity contribution >= 4 is 45.3 Å². The molecule has 1 amide bonds. The summed E-state index contributed by atoms with van der Waals surface area (Å²) >= 11 is 7.44. The van der Waals surface area contributed by atoms with E-state index in [1.807, 2.05) is 54.6 Å². The lowest BCUT2D eigenvalue weighted by atomic mass is 10.2. The highest BCUT2D eigenvalue weighted by Gasteiger charge is 2.11. The number of thiophene rings is 1. The van der Waals surface area contributed by atoms with Crippen molar-refractivity contribution in [3.63, 3.8) is 0 Å². The van der Waals surface area contributed by atoms with Crippen molar-refractivity contribution in [2.24, 2.45) is 0 Å². The second-order valence-corrected chi connectivity index (χ2v) is 8.50. The fourth-order valence-electron chi connectivity index (χ4n) is 2.42. The smallest absolute Gasteiger partial charge is 0.265 e. The third-order valence-corrected chi connectivity index (χ3v) is 5.60. The van der Waals surface area contributed by atoms with Gasteiger partial charge in [0.1, 0.15) is 0 Å². The second-order valence-electron chi connectivity index (χ2n) is 5.55. The fourth-order valence-corrected chi connectivity index (χ4v) is 4.16. The zero-order valence-electron chi connectivity index (χ0n) is 13.5. The third kappa shape index (κ3) is 4.78. The van der Waals surface area contributed by atoms with E-state index in [1.54, 1.807) is 12.3 Å². The van der Waals surface area contributed by atoms with Crippen LogP contribution in [0.2, 0.25) is 5.02 Å². The lowest BCUT2D eigenvalue weighted by molar-refractivity contribution is 0.103. The van der Waals surface area contributed by atoms with Gasteiger partial charge in [-0.3, -0.25) is 9.00 Å².